The molecule has 1 N–H and O–H groups in total. The first-order valence-corrected chi connectivity index (χ1v) is 12.0. The Hall–Kier alpha value is -2.14. The molecule has 1 saturated carbocycles. The van der Waals surface area contributed by atoms with Gasteiger partial charge in [-0.3, -0.25) is 9.78 Å². The van der Waals surface area contributed by atoms with Gasteiger partial charge in [0.1, 0.15) is 5.75 Å². The van der Waals surface area contributed by atoms with Crippen LogP contribution < -0.4 is 4.74 Å². The number of aliphatic carboxylic acids is 1. The number of likely N-dealkylation sites (tertiary alicyclic amines) is 1. The summed E-state index contributed by atoms with van der Waals surface area (Å²) in [6.45, 7) is 3.49. The third-order valence-electron chi connectivity index (χ3n) is 7.51. The molecule has 0 bridgehead atoms. The number of ether oxygens (including phenoxy) is 1. The highest BCUT2D eigenvalue weighted by Crippen LogP contribution is 2.34. The van der Waals surface area contributed by atoms with Gasteiger partial charge >= 0.3 is 5.97 Å². The van der Waals surface area contributed by atoms with E-state index >= 15 is 0 Å². The van der Waals surface area contributed by atoms with Gasteiger partial charge in [0.05, 0.1) is 12.6 Å². The lowest BCUT2D eigenvalue weighted by Gasteiger charge is -2.41. The van der Waals surface area contributed by atoms with Crippen LogP contribution in [-0.2, 0) is 11.2 Å². The van der Waals surface area contributed by atoms with Crippen molar-refractivity contribution in [1.29, 1.82) is 0 Å². The summed E-state index contributed by atoms with van der Waals surface area (Å²) in [7, 11) is 1.70. The first-order chi connectivity index (χ1) is 15.1. The van der Waals surface area contributed by atoms with Crippen molar-refractivity contribution in [2.24, 2.45) is 17.8 Å². The monoisotopic (exact) mass is 424 g/mol. The second-order valence-electron chi connectivity index (χ2n) is 9.54. The number of methoxy groups -OCH3 is 1. The van der Waals surface area contributed by atoms with Gasteiger partial charge in [0.25, 0.3) is 0 Å². The molecular formula is C26H36N2O3. The average molecular weight is 425 g/mol. The number of aromatic nitrogens is 1. The minimum Gasteiger partial charge on any atom is -0.497 e. The molecule has 2 unspecified atom stereocenters. The molecule has 31 heavy (non-hydrogen) atoms. The summed E-state index contributed by atoms with van der Waals surface area (Å²) < 4.78 is 5.41. The van der Waals surface area contributed by atoms with Gasteiger partial charge in [0.2, 0.25) is 0 Å². The summed E-state index contributed by atoms with van der Waals surface area (Å²) in [6, 6.07) is 8.21. The highest BCUT2D eigenvalue weighted by Gasteiger charge is 2.31. The average Bonchev–Trinajstić information content (AvgIpc) is 2.75. The highest BCUT2D eigenvalue weighted by atomic mass is 16.5. The fourth-order valence-corrected chi connectivity index (χ4v) is 5.46. The van der Waals surface area contributed by atoms with E-state index in [1.165, 1.54) is 56.1 Å². The maximum Gasteiger partial charge on any atom is 0.303 e. The molecule has 0 spiro atoms. The fourth-order valence-electron chi connectivity index (χ4n) is 5.46. The molecule has 0 radical (unpaired) electrons. The molecule has 5 heteroatoms. The quantitative estimate of drug-likeness (QED) is 0.570. The SMILES string of the molecule is COc1ccc2nccc(CCCC3CCN(CC4CCC4)CC3CCC(=O)O)c2c1. The van der Waals surface area contributed by atoms with E-state index in [1.807, 2.05) is 18.3 Å². The van der Waals surface area contributed by atoms with Gasteiger partial charge < -0.3 is 14.7 Å². The van der Waals surface area contributed by atoms with E-state index in [1.54, 1.807) is 7.11 Å². The molecule has 1 aromatic heterocycles. The van der Waals surface area contributed by atoms with Crippen LogP contribution in [0.3, 0.4) is 0 Å². The number of hydrogen-bond donors (Lipinski definition) is 1. The van der Waals surface area contributed by atoms with Gasteiger partial charge in [-0.25, -0.2) is 0 Å². The Labute approximate surface area is 185 Å². The van der Waals surface area contributed by atoms with Crippen LogP contribution in [0.2, 0.25) is 0 Å². The number of carboxylic acid groups (broad SMARTS) is 1. The van der Waals surface area contributed by atoms with E-state index in [0.717, 1.165) is 43.0 Å². The predicted octanol–water partition coefficient (Wildman–Crippen LogP) is 5.17. The number of benzene rings is 1. The van der Waals surface area contributed by atoms with E-state index < -0.39 is 5.97 Å². The maximum atomic E-state index is 11.2. The van der Waals surface area contributed by atoms with Gasteiger partial charge in [-0.05, 0) is 99.1 Å². The van der Waals surface area contributed by atoms with Crippen molar-refractivity contribution in [3.63, 3.8) is 0 Å². The summed E-state index contributed by atoms with van der Waals surface area (Å²) in [4.78, 5) is 18.3. The zero-order valence-corrected chi connectivity index (χ0v) is 18.8. The van der Waals surface area contributed by atoms with Crippen molar-refractivity contribution in [1.82, 2.24) is 9.88 Å². The Morgan fingerprint density at radius 2 is 2.06 bits per heavy atom. The molecule has 0 amide bonds. The fraction of sp³-hybridized carbons (Fsp3) is 0.615. The van der Waals surface area contributed by atoms with Crippen LogP contribution in [0, 0.1) is 17.8 Å². The standard InChI is InChI=1S/C26H36N2O3/c1-31-23-9-10-25-24(16-23)21(12-14-27-25)7-3-6-20-13-15-28(17-19-4-2-5-19)18-22(20)8-11-26(29)30/h9-10,12,14,16,19-20,22H,2-8,11,13,15,17-18H2,1H3,(H,29,30). The minimum absolute atomic E-state index is 0.299. The Balaban J connectivity index is 1.36. The van der Waals surface area contributed by atoms with Gasteiger partial charge in [0, 0.05) is 31.1 Å². The lowest BCUT2D eigenvalue weighted by Crippen LogP contribution is -2.43. The van der Waals surface area contributed by atoms with Crippen molar-refractivity contribution < 1.29 is 14.6 Å². The van der Waals surface area contributed by atoms with Crippen LogP contribution in [-0.4, -0.2) is 47.7 Å². The third-order valence-corrected chi connectivity index (χ3v) is 7.51. The smallest absolute Gasteiger partial charge is 0.303 e. The zero-order valence-electron chi connectivity index (χ0n) is 18.8. The van der Waals surface area contributed by atoms with Crippen LogP contribution >= 0.6 is 0 Å². The Kier molecular flexibility index (Phi) is 7.44. The van der Waals surface area contributed by atoms with E-state index in [4.69, 9.17) is 4.74 Å². The molecule has 2 fully saturated rings. The van der Waals surface area contributed by atoms with Gasteiger partial charge in [0.15, 0.2) is 0 Å². The lowest BCUT2D eigenvalue weighted by atomic mass is 9.78. The first-order valence-electron chi connectivity index (χ1n) is 12.0. The minimum atomic E-state index is -0.660. The zero-order chi connectivity index (χ0) is 21.6. The molecule has 168 valence electrons. The Morgan fingerprint density at radius 3 is 2.81 bits per heavy atom. The molecule has 2 aliphatic rings. The number of carbonyl (C=O) groups is 1. The Bertz CT molecular complexity index is 880. The number of rotatable bonds is 10. The topological polar surface area (TPSA) is 62.7 Å². The van der Waals surface area contributed by atoms with Crippen molar-refractivity contribution in [3.8, 4) is 5.75 Å². The normalized spacial score (nSPS) is 22.4. The van der Waals surface area contributed by atoms with Crippen LogP contribution in [0.4, 0.5) is 0 Å². The summed E-state index contributed by atoms with van der Waals surface area (Å²) in [5.74, 6) is 2.24. The first kappa shape index (κ1) is 22.1. The van der Waals surface area contributed by atoms with Crippen LogP contribution in [0.1, 0.15) is 56.9 Å². The number of carboxylic acids is 1. The number of aryl methyl sites for hydroxylation is 1. The van der Waals surface area contributed by atoms with Gasteiger partial charge in [-0.15, -0.1) is 0 Å². The molecule has 1 saturated heterocycles. The number of pyridine rings is 1. The number of fused-ring (bicyclic) bond motifs is 1. The Morgan fingerprint density at radius 1 is 1.19 bits per heavy atom. The third kappa shape index (κ3) is 5.76. The number of nitrogens with zero attached hydrogens (tertiary/aromatic N) is 2. The maximum absolute atomic E-state index is 11.2. The molecular weight excluding hydrogens is 388 g/mol. The second-order valence-corrected chi connectivity index (χ2v) is 9.54. The molecule has 4 rings (SSSR count). The number of piperidine rings is 1. The molecule has 1 aliphatic carbocycles. The largest absolute Gasteiger partial charge is 0.497 e. The highest BCUT2D eigenvalue weighted by molar-refractivity contribution is 5.83. The molecule has 1 aromatic carbocycles. The van der Waals surface area contributed by atoms with Crippen LogP contribution in [0.15, 0.2) is 30.5 Å². The van der Waals surface area contributed by atoms with E-state index in [9.17, 15) is 9.90 Å². The van der Waals surface area contributed by atoms with E-state index in [-0.39, 0.29) is 0 Å². The molecule has 1 aliphatic heterocycles. The summed E-state index contributed by atoms with van der Waals surface area (Å²) in [5, 5.41) is 10.4. The summed E-state index contributed by atoms with van der Waals surface area (Å²) in [6.07, 6.45) is 11.7. The predicted molar refractivity (Wildman–Crippen MR) is 123 cm³/mol. The van der Waals surface area contributed by atoms with Crippen LogP contribution in [0.25, 0.3) is 10.9 Å². The molecule has 2 aromatic rings. The van der Waals surface area contributed by atoms with Crippen molar-refractivity contribution in [2.45, 2.75) is 57.8 Å². The second kappa shape index (κ2) is 10.4. The molecule has 2 heterocycles. The number of hydrogen-bond acceptors (Lipinski definition) is 4. The van der Waals surface area contributed by atoms with E-state index in [0.29, 0.717) is 18.3 Å². The van der Waals surface area contributed by atoms with Crippen molar-refractivity contribution in [3.05, 3.63) is 36.0 Å². The van der Waals surface area contributed by atoms with Gasteiger partial charge in [-0.1, -0.05) is 6.42 Å². The summed E-state index contributed by atoms with van der Waals surface area (Å²) in [5.41, 5.74) is 2.34. The molecule has 5 nitrogen and oxygen atoms in total. The molecule has 2 atom stereocenters. The van der Waals surface area contributed by atoms with E-state index in [2.05, 4.69) is 22.0 Å². The summed E-state index contributed by atoms with van der Waals surface area (Å²) >= 11 is 0. The lowest BCUT2D eigenvalue weighted by molar-refractivity contribution is -0.137. The van der Waals surface area contributed by atoms with Gasteiger partial charge in [-0.2, -0.15) is 0 Å². The van der Waals surface area contributed by atoms with Crippen LogP contribution in [0.5, 0.6) is 5.75 Å². The van der Waals surface area contributed by atoms with Crippen molar-refractivity contribution >= 4 is 16.9 Å². The van der Waals surface area contributed by atoms with Crippen molar-refractivity contribution in [2.75, 3.05) is 26.7 Å².